The van der Waals surface area contributed by atoms with Crippen molar-refractivity contribution in [1.82, 2.24) is 26.2 Å². The Labute approximate surface area is 317 Å². The maximum absolute atomic E-state index is 15.0. The first-order chi connectivity index (χ1) is 25.1. The molecule has 13 heteroatoms. The summed E-state index contributed by atoms with van der Waals surface area (Å²) in [6, 6.07) is -3.27. The zero-order chi connectivity index (χ0) is 38.6. The standard InChI is InChI=1S/C40H65N5O7S/c1-6-8-17-30(33(46)35(48)41-24-7-2)42-34(47)32-28-18-21-39(22-23-39)29(28)25-45(32)36(49)31(27-15-11-9-12-16-27)43-37(50)44-40(19-13-10-14-20-40)26-53(51,52)38(3,4)5/h7,27-32H,2,6,8-26H2,1,3-5H3,(H,41,48)(H,42,47)(H2,43,44,50)/t28-,29-,30?,31-,32-/m0/s1. The number of nitrogens with one attached hydrogen (secondary N) is 4. The predicted octanol–water partition coefficient (Wildman–Crippen LogP) is 4.71. The molecule has 5 amide bonds. The molecule has 4 aliphatic carbocycles. The second kappa shape index (κ2) is 16.8. The van der Waals surface area contributed by atoms with Crippen LogP contribution in [0.2, 0.25) is 0 Å². The number of hydrogen-bond donors (Lipinski definition) is 4. The van der Waals surface area contributed by atoms with E-state index in [9.17, 15) is 32.4 Å². The molecule has 1 unspecified atom stereocenters. The van der Waals surface area contributed by atoms with Crippen LogP contribution in [0.4, 0.5) is 4.79 Å². The minimum atomic E-state index is -3.56. The number of amides is 5. The van der Waals surface area contributed by atoms with Gasteiger partial charge in [-0.25, -0.2) is 13.2 Å². The van der Waals surface area contributed by atoms with Crippen LogP contribution in [-0.4, -0.2) is 90.1 Å². The van der Waals surface area contributed by atoms with E-state index in [-0.39, 0.29) is 41.4 Å². The molecule has 1 heterocycles. The van der Waals surface area contributed by atoms with E-state index in [1.807, 2.05) is 6.92 Å². The van der Waals surface area contributed by atoms with Crippen molar-refractivity contribution in [2.75, 3.05) is 18.8 Å². The first-order valence-corrected chi connectivity index (χ1v) is 22.1. The Hall–Kier alpha value is -2.96. The molecule has 4 N–H and O–H groups in total. The summed E-state index contributed by atoms with van der Waals surface area (Å²) in [5.74, 6) is -2.43. The number of carbonyl (C=O) groups is 5. The van der Waals surface area contributed by atoms with Crippen molar-refractivity contribution in [2.24, 2.45) is 23.2 Å². The molecule has 1 saturated heterocycles. The lowest BCUT2D eigenvalue weighted by atomic mass is 9.82. The molecule has 5 aliphatic rings. The number of sulfone groups is 1. The van der Waals surface area contributed by atoms with E-state index in [0.29, 0.717) is 32.2 Å². The number of ketones is 1. The number of carbonyl (C=O) groups excluding carboxylic acids is 5. The summed E-state index contributed by atoms with van der Waals surface area (Å²) in [5.41, 5.74) is -0.810. The molecule has 12 nitrogen and oxygen atoms in total. The van der Waals surface area contributed by atoms with E-state index in [1.165, 1.54) is 6.08 Å². The first-order valence-electron chi connectivity index (χ1n) is 20.4. The Morgan fingerprint density at radius 2 is 1.57 bits per heavy atom. The summed E-state index contributed by atoms with van der Waals surface area (Å²) < 4.78 is 25.9. The van der Waals surface area contributed by atoms with Crippen LogP contribution in [0.25, 0.3) is 0 Å². The molecule has 5 fully saturated rings. The van der Waals surface area contributed by atoms with E-state index in [1.54, 1.807) is 25.7 Å². The molecule has 53 heavy (non-hydrogen) atoms. The van der Waals surface area contributed by atoms with Crippen molar-refractivity contribution >= 4 is 39.4 Å². The first kappa shape index (κ1) is 41.2. The Morgan fingerprint density at radius 3 is 2.17 bits per heavy atom. The van der Waals surface area contributed by atoms with Gasteiger partial charge in [0.05, 0.1) is 22.1 Å². The lowest BCUT2D eigenvalue weighted by Gasteiger charge is -2.41. The number of Topliss-reactive ketones (excluding diaryl/α,β-unsaturated/α-hetero) is 1. The van der Waals surface area contributed by atoms with E-state index in [0.717, 1.165) is 83.5 Å². The van der Waals surface area contributed by atoms with Crippen LogP contribution >= 0.6 is 0 Å². The molecule has 1 spiro atoms. The Kier molecular flexibility index (Phi) is 13.1. The number of fused-ring (bicyclic) bond motifs is 2. The van der Waals surface area contributed by atoms with Crippen LogP contribution in [-0.2, 0) is 29.0 Å². The molecular weight excluding hydrogens is 695 g/mol. The van der Waals surface area contributed by atoms with Gasteiger partial charge in [-0.05, 0) is 102 Å². The summed E-state index contributed by atoms with van der Waals surface area (Å²) in [6.07, 6.45) is 15.2. The topological polar surface area (TPSA) is 171 Å². The van der Waals surface area contributed by atoms with Crippen molar-refractivity contribution in [2.45, 2.75) is 165 Å². The second-order valence-corrected chi connectivity index (χ2v) is 20.6. The molecule has 0 aromatic rings. The van der Waals surface area contributed by atoms with Gasteiger partial charge in [-0.1, -0.05) is 64.4 Å². The minimum Gasteiger partial charge on any atom is -0.346 e. The van der Waals surface area contributed by atoms with Crippen molar-refractivity contribution in [3.05, 3.63) is 12.7 Å². The molecule has 4 saturated carbocycles. The molecule has 5 rings (SSSR count). The van der Waals surface area contributed by atoms with Crippen LogP contribution in [0.15, 0.2) is 12.7 Å². The fraction of sp³-hybridized carbons (Fsp3) is 0.825. The average molecular weight is 760 g/mol. The van der Waals surface area contributed by atoms with E-state index in [2.05, 4.69) is 27.8 Å². The molecule has 0 aromatic heterocycles. The number of urea groups is 1. The molecule has 0 radical (unpaired) electrons. The lowest BCUT2D eigenvalue weighted by molar-refractivity contribution is -0.144. The van der Waals surface area contributed by atoms with Gasteiger partial charge in [-0.15, -0.1) is 6.58 Å². The van der Waals surface area contributed by atoms with Crippen molar-refractivity contribution in [3.63, 3.8) is 0 Å². The number of hydrogen-bond acceptors (Lipinski definition) is 7. The van der Waals surface area contributed by atoms with Crippen molar-refractivity contribution in [1.29, 1.82) is 0 Å². The average Bonchev–Trinajstić information content (AvgIpc) is 3.69. The van der Waals surface area contributed by atoms with Gasteiger partial charge < -0.3 is 26.2 Å². The van der Waals surface area contributed by atoms with Gasteiger partial charge in [0.2, 0.25) is 17.6 Å². The number of rotatable bonds is 15. The molecular formula is C40H65N5O7S. The summed E-state index contributed by atoms with van der Waals surface area (Å²) >= 11 is 0. The summed E-state index contributed by atoms with van der Waals surface area (Å²) in [4.78, 5) is 71.2. The Morgan fingerprint density at radius 1 is 0.906 bits per heavy atom. The lowest BCUT2D eigenvalue weighted by Crippen LogP contribution is -2.63. The van der Waals surface area contributed by atoms with Crippen LogP contribution in [0.5, 0.6) is 0 Å². The second-order valence-electron chi connectivity index (χ2n) is 17.9. The fourth-order valence-electron chi connectivity index (χ4n) is 9.81. The van der Waals surface area contributed by atoms with Gasteiger partial charge in [0.1, 0.15) is 12.1 Å². The zero-order valence-corrected chi connectivity index (χ0v) is 33.4. The van der Waals surface area contributed by atoms with E-state index >= 15 is 0 Å². The quantitative estimate of drug-likeness (QED) is 0.138. The number of likely N-dealkylation sites (tertiary alicyclic amines) is 1. The minimum absolute atomic E-state index is 0.0769. The van der Waals surface area contributed by atoms with Crippen LogP contribution in [0, 0.1) is 23.2 Å². The SMILES string of the molecule is C=CCNC(=O)C(=O)C(CCCC)NC(=O)[C@@H]1[C@H]2CCC3(CC3)[C@H]2CN1C(=O)[C@@H](NC(=O)NC1(CS(=O)(=O)C(C)(C)C)CCCCC1)C1CCCCC1. The Balaban J connectivity index is 1.41. The molecule has 0 bridgehead atoms. The number of unbranched alkanes of at least 4 members (excludes halogenated alkanes) is 1. The van der Waals surface area contributed by atoms with Gasteiger partial charge in [-0.3, -0.25) is 19.2 Å². The van der Waals surface area contributed by atoms with Gasteiger partial charge >= 0.3 is 6.03 Å². The van der Waals surface area contributed by atoms with Crippen LogP contribution < -0.4 is 21.3 Å². The van der Waals surface area contributed by atoms with Crippen molar-refractivity contribution < 1.29 is 32.4 Å². The number of nitrogens with zero attached hydrogens (tertiary/aromatic N) is 1. The Bertz CT molecular complexity index is 1490. The maximum Gasteiger partial charge on any atom is 0.315 e. The van der Waals surface area contributed by atoms with Gasteiger partial charge in [0.15, 0.2) is 9.84 Å². The highest BCUT2D eigenvalue weighted by Crippen LogP contribution is 2.66. The predicted molar refractivity (Wildman–Crippen MR) is 204 cm³/mol. The van der Waals surface area contributed by atoms with Crippen LogP contribution in [0.1, 0.15) is 137 Å². The molecule has 0 aromatic carbocycles. The van der Waals surface area contributed by atoms with Gasteiger partial charge in [-0.2, -0.15) is 0 Å². The maximum atomic E-state index is 15.0. The zero-order valence-electron chi connectivity index (χ0n) is 32.6. The van der Waals surface area contributed by atoms with Crippen LogP contribution in [0.3, 0.4) is 0 Å². The molecule has 298 valence electrons. The van der Waals surface area contributed by atoms with E-state index < -0.39 is 61.9 Å². The van der Waals surface area contributed by atoms with Crippen molar-refractivity contribution in [3.8, 4) is 0 Å². The molecule has 1 aliphatic heterocycles. The monoisotopic (exact) mass is 759 g/mol. The molecule has 5 atom stereocenters. The van der Waals surface area contributed by atoms with Gasteiger partial charge in [0, 0.05) is 13.1 Å². The van der Waals surface area contributed by atoms with E-state index in [4.69, 9.17) is 0 Å². The van der Waals surface area contributed by atoms with Gasteiger partial charge in [0.25, 0.3) is 5.91 Å². The summed E-state index contributed by atoms with van der Waals surface area (Å²) in [7, 11) is -3.56. The summed E-state index contributed by atoms with van der Waals surface area (Å²) in [6.45, 7) is 11.2. The summed E-state index contributed by atoms with van der Waals surface area (Å²) in [5, 5.41) is 11.6. The normalized spacial score (nSPS) is 26.2. The highest BCUT2D eigenvalue weighted by Gasteiger charge is 2.64. The third kappa shape index (κ3) is 9.30. The third-order valence-electron chi connectivity index (χ3n) is 13.2. The third-order valence-corrected chi connectivity index (χ3v) is 16.0. The largest absolute Gasteiger partial charge is 0.346 e. The highest BCUT2D eigenvalue weighted by molar-refractivity contribution is 7.92. The fourth-order valence-corrected chi connectivity index (χ4v) is 11.3. The smallest absolute Gasteiger partial charge is 0.315 e. The highest BCUT2D eigenvalue weighted by atomic mass is 32.2.